The number of benzene rings is 1. The highest BCUT2D eigenvalue weighted by atomic mass is 32.1. The molecule has 6 nitrogen and oxygen atoms in total. The van der Waals surface area contributed by atoms with Gasteiger partial charge >= 0.3 is 0 Å². The first-order valence-electron chi connectivity index (χ1n) is 10.2. The Labute approximate surface area is 190 Å². The molecule has 0 spiro atoms. The van der Waals surface area contributed by atoms with Crippen molar-refractivity contribution in [3.05, 3.63) is 51.7 Å². The Bertz CT molecular complexity index is 997. The van der Waals surface area contributed by atoms with Crippen molar-refractivity contribution in [2.24, 2.45) is 0 Å². The highest BCUT2D eigenvalue weighted by Crippen LogP contribution is 2.33. The Morgan fingerprint density at radius 2 is 2.10 bits per heavy atom. The molecule has 0 saturated carbocycles. The minimum atomic E-state index is 0.0769. The maximum absolute atomic E-state index is 13.2. The Morgan fingerprint density at radius 1 is 1.23 bits per heavy atom. The zero-order valence-electron chi connectivity index (χ0n) is 17.7. The van der Waals surface area contributed by atoms with Gasteiger partial charge in [0.15, 0.2) is 11.5 Å². The highest BCUT2D eigenvalue weighted by Gasteiger charge is 2.24. The summed E-state index contributed by atoms with van der Waals surface area (Å²) in [7, 11) is 3.23. The zero-order chi connectivity index (χ0) is 21.6. The van der Waals surface area contributed by atoms with Crippen molar-refractivity contribution >= 4 is 28.6 Å². The summed E-state index contributed by atoms with van der Waals surface area (Å²) in [6.45, 7) is 2.03. The van der Waals surface area contributed by atoms with Gasteiger partial charge in [0.05, 0.1) is 39.0 Å². The van der Waals surface area contributed by atoms with Crippen LogP contribution in [0.25, 0.3) is 10.6 Å². The van der Waals surface area contributed by atoms with Gasteiger partial charge in [-0.1, -0.05) is 6.07 Å². The van der Waals surface area contributed by atoms with Crippen LogP contribution in [0.4, 0.5) is 0 Å². The van der Waals surface area contributed by atoms with Crippen molar-refractivity contribution in [3.63, 3.8) is 0 Å². The number of aromatic nitrogens is 1. The average molecular weight is 459 g/mol. The van der Waals surface area contributed by atoms with Gasteiger partial charge in [-0.25, -0.2) is 4.98 Å². The molecule has 1 aliphatic heterocycles. The first kappa shape index (κ1) is 21.8. The van der Waals surface area contributed by atoms with Crippen LogP contribution < -0.4 is 9.47 Å². The lowest BCUT2D eigenvalue weighted by Crippen LogP contribution is -2.37. The first-order chi connectivity index (χ1) is 15.2. The average Bonchev–Trinajstić information content (AvgIpc) is 3.56. The summed E-state index contributed by atoms with van der Waals surface area (Å²) < 4.78 is 16.5. The molecule has 164 valence electrons. The third kappa shape index (κ3) is 5.44. The number of rotatable bonds is 9. The molecule has 1 amide bonds. The summed E-state index contributed by atoms with van der Waals surface area (Å²) in [5.41, 5.74) is 1.72. The zero-order valence-corrected chi connectivity index (χ0v) is 19.3. The number of methoxy groups -OCH3 is 2. The van der Waals surface area contributed by atoms with Crippen molar-refractivity contribution in [3.8, 4) is 22.1 Å². The molecular formula is C23H26N2O4S2. The molecule has 31 heavy (non-hydrogen) atoms. The van der Waals surface area contributed by atoms with Gasteiger partial charge in [0.25, 0.3) is 0 Å². The van der Waals surface area contributed by atoms with E-state index >= 15 is 0 Å². The molecule has 3 aromatic rings. The summed E-state index contributed by atoms with van der Waals surface area (Å²) >= 11 is 3.20. The van der Waals surface area contributed by atoms with Crippen LogP contribution in [0.3, 0.4) is 0 Å². The molecule has 0 radical (unpaired) electrons. The molecular weight excluding hydrogens is 432 g/mol. The topological polar surface area (TPSA) is 60.9 Å². The standard InChI is InChI=1S/C23H26N2O4S2/c1-27-20-8-7-16(11-21(20)28-2)23-24-17(15-31-23)12-22(26)25(13-18-5-3-9-29-18)14-19-6-4-10-30-19/h4,6-8,10-11,15,18H,3,5,9,12-14H2,1-2H3. The van der Waals surface area contributed by atoms with Crippen LogP contribution in [-0.4, -0.2) is 49.3 Å². The van der Waals surface area contributed by atoms with Gasteiger partial charge in [-0.15, -0.1) is 22.7 Å². The van der Waals surface area contributed by atoms with Crippen LogP contribution in [0.5, 0.6) is 11.5 Å². The van der Waals surface area contributed by atoms with E-state index in [1.165, 1.54) is 16.2 Å². The van der Waals surface area contributed by atoms with Crippen LogP contribution in [0.2, 0.25) is 0 Å². The van der Waals surface area contributed by atoms with Crippen LogP contribution in [0.1, 0.15) is 23.4 Å². The molecule has 3 heterocycles. The SMILES string of the molecule is COc1ccc(-c2nc(CC(=O)N(Cc3cccs3)CC3CCCO3)cs2)cc1OC. The van der Waals surface area contributed by atoms with Crippen molar-refractivity contribution < 1.29 is 19.0 Å². The molecule has 1 atom stereocenters. The van der Waals surface area contributed by atoms with Crippen LogP contribution >= 0.6 is 22.7 Å². The van der Waals surface area contributed by atoms with E-state index in [9.17, 15) is 4.79 Å². The molecule has 1 saturated heterocycles. The number of carbonyl (C=O) groups excluding carboxylic acids is 1. The monoisotopic (exact) mass is 458 g/mol. The lowest BCUT2D eigenvalue weighted by molar-refractivity contribution is -0.132. The normalized spacial score (nSPS) is 15.7. The second-order valence-electron chi connectivity index (χ2n) is 7.38. The number of nitrogens with zero attached hydrogens (tertiary/aromatic N) is 2. The predicted octanol–water partition coefficient (Wildman–Crippen LogP) is 4.64. The summed E-state index contributed by atoms with van der Waals surface area (Å²) in [5.74, 6) is 1.41. The maximum atomic E-state index is 13.2. The number of thiophene rings is 1. The van der Waals surface area contributed by atoms with Crippen molar-refractivity contribution in [2.75, 3.05) is 27.4 Å². The summed E-state index contributed by atoms with van der Waals surface area (Å²) in [5, 5.41) is 4.85. The minimum absolute atomic E-state index is 0.0769. The van der Waals surface area contributed by atoms with E-state index in [0.717, 1.165) is 35.7 Å². The largest absolute Gasteiger partial charge is 0.493 e. The first-order valence-corrected chi connectivity index (χ1v) is 12.0. The van der Waals surface area contributed by atoms with E-state index in [4.69, 9.17) is 19.2 Å². The minimum Gasteiger partial charge on any atom is -0.493 e. The molecule has 0 bridgehead atoms. The van der Waals surface area contributed by atoms with E-state index in [1.54, 1.807) is 25.6 Å². The van der Waals surface area contributed by atoms with E-state index in [1.807, 2.05) is 39.9 Å². The number of thiazole rings is 1. The second kappa shape index (κ2) is 10.3. The van der Waals surface area contributed by atoms with Gasteiger partial charge in [0, 0.05) is 29.0 Å². The van der Waals surface area contributed by atoms with Crippen LogP contribution in [-0.2, 0) is 22.5 Å². The third-order valence-electron chi connectivity index (χ3n) is 5.24. The fraction of sp³-hybridized carbons (Fsp3) is 0.391. The van der Waals surface area contributed by atoms with Gasteiger partial charge in [-0.05, 0) is 42.5 Å². The van der Waals surface area contributed by atoms with Gasteiger partial charge in [-0.3, -0.25) is 4.79 Å². The van der Waals surface area contributed by atoms with E-state index in [2.05, 4.69) is 6.07 Å². The predicted molar refractivity (Wildman–Crippen MR) is 123 cm³/mol. The summed E-state index contributed by atoms with van der Waals surface area (Å²) in [4.78, 5) is 21.0. The number of hydrogen-bond donors (Lipinski definition) is 0. The number of amides is 1. The number of ether oxygens (including phenoxy) is 3. The van der Waals surface area contributed by atoms with E-state index in [-0.39, 0.29) is 18.4 Å². The Balaban J connectivity index is 1.47. The third-order valence-corrected chi connectivity index (χ3v) is 7.04. The van der Waals surface area contributed by atoms with Gasteiger partial charge in [0.2, 0.25) is 5.91 Å². The van der Waals surface area contributed by atoms with Crippen molar-refractivity contribution in [2.45, 2.75) is 31.9 Å². The lowest BCUT2D eigenvalue weighted by Gasteiger charge is -2.25. The van der Waals surface area contributed by atoms with Crippen LogP contribution in [0, 0.1) is 0 Å². The second-order valence-corrected chi connectivity index (χ2v) is 9.27. The number of carbonyl (C=O) groups is 1. The molecule has 8 heteroatoms. The van der Waals surface area contributed by atoms with Gasteiger partial charge < -0.3 is 19.1 Å². The molecule has 0 N–H and O–H groups in total. The van der Waals surface area contributed by atoms with E-state index in [0.29, 0.717) is 24.6 Å². The molecule has 1 aliphatic rings. The maximum Gasteiger partial charge on any atom is 0.229 e. The quantitative estimate of drug-likeness (QED) is 0.468. The smallest absolute Gasteiger partial charge is 0.229 e. The molecule has 1 fully saturated rings. The number of hydrogen-bond acceptors (Lipinski definition) is 7. The molecule has 2 aromatic heterocycles. The summed E-state index contributed by atoms with van der Waals surface area (Å²) in [6, 6.07) is 9.81. The van der Waals surface area contributed by atoms with Crippen LogP contribution in [0.15, 0.2) is 41.1 Å². The molecule has 0 aliphatic carbocycles. The Morgan fingerprint density at radius 3 is 2.81 bits per heavy atom. The molecule has 1 aromatic carbocycles. The van der Waals surface area contributed by atoms with Crippen molar-refractivity contribution in [1.29, 1.82) is 0 Å². The summed E-state index contributed by atoms with van der Waals surface area (Å²) in [6.07, 6.45) is 2.48. The Kier molecular flexibility index (Phi) is 7.21. The fourth-order valence-electron chi connectivity index (χ4n) is 3.64. The lowest BCUT2D eigenvalue weighted by atomic mass is 10.2. The molecule has 4 rings (SSSR count). The van der Waals surface area contributed by atoms with Gasteiger partial charge in [-0.2, -0.15) is 0 Å². The highest BCUT2D eigenvalue weighted by molar-refractivity contribution is 7.13. The van der Waals surface area contributed by atoms with E-state index < -0.39 is 0 Å². The fourth-order valence-corrected chi connectivity index (χ4v) is 5.17. The molecule has 1 unspecified atom stereocenters. The Hall–Kier alpha value is -2.42. The van der Waals surface area contributed by atoms with Gasteiger partial charge in [0.1, 0.15) is 5.01 Å². The van der Waals surface area contributed by atoms with Crippen molar-refractivity contribution in [1.82, 2.24) is 9.88 Å².